The standard InChI is InChI=1S/C31H50O3/c1-19(2)20-11-16-31(26(33)34-8)18-17-29(6)21(25(20)31)9-10-23-28(5)14-13-24(32)27(3,4)22(28)12-15-30(23,29)7/h20-25,32H,1,9-18H2,2-8H3/t20-,21+,22?,23?,24-,25?,28-,29+,30+,31-/m0/s1. The Bertz CT molecular complexity index is 876. The number of methoxy groups -OCH3 is 1. The fourth-order valence-corrected chi connectivity index (χ4v) is 11.7. The number of ether oxygens (including phenoxy) is 1. The molecule has 10 atom stereocenters. The number of carbonyl (C=O) groups excluding carboxylic acids is 1. The third-order valence-electron chi connectivity index (χ3n) is 13.6. The predicted molar refractivity (Wildman–Crippen MR) is 137 cm³/mol. The highest BCUT2D eigenvalue weighted by molar-refractivity contribution is 5.78. The third kappa shape index (κ3) is 2.83. The lowest BCUT2D eigenvalue weighted by Gasteiger charge is -2.72. The van der Waals surface area contributed by atoms with Crippen LogP contribution in [0.1, 0.15) is 106 Å². The van der Waals surface area contributed by atoms with E-state index in [0.29, 0.717) is 35.0 Å². The number of hydrogen-bond donors (Lipinski definition) is 1. The van der Waals surface area contributed by atoms with Gasteiger partial charge in [0.25, 0.3) is 0 Å². The Labute approximate surface area is 208 Å². The molecule has 0 bridgehead atoms. The second-order valence-corrected chi connectivity index (χ2v) is 14.7. The van der Waals surface area contributed by atoms with Crippen LogP contribution in [0.4, 0.5) is 0 Å². The number of carbonyl (C=O) groups is 1. The Morgan fingerprint density at radius 1 is 0.853 bits per heavy atom. The smallest absolute Gasteiger partial charge is 0.312 e. The number of hydrogen-bond acceptors (Lipinski definition) is 3. The first-order valence-electron chi connectivity index (χ1n) is 14.2. The van der Waals surface area contributed by atoms with Gasteiger partial charge >= 0.3 is 5.97 Å². The predicted octanol–water partition coefficient (Wildman–Crippen LogP) is 7.18. The van der Waals surface area contributed by atoms with Crippen LogP contribution in [-0.4, -0.2) is 24.3 Å². The molecule has 5 aliphatic carbocycles. The molecule has 0 amide bonds. The van der Waals surface area contributed by atoms with Gasteiger partial charge in [0.2, 0.25) is 0 Å². The summed E-state index contributed by atoms with van der Waals surface area (Å²) in [6.07, 6.45) is 11.1. The summed E-state index contributed by atoms with van der Waals surface area (Å²) < 4.78 is 5.49. The minimum atomic E-state index is -0.302. The summed E-state index contributed by atoms with van der Waals surface area (Å²) in [6.45, 7) is 19.1. The molecule has 5 fully saturated rings. The van der Waals surface area contributed by atoms with E-state index in [1.54, 1.807) is 7.11 Å². The van der Waals surface area contributed by atoms with E-state index in [1.165, 1.54) is 31.3 Å². The van der Waals surface area contributed by atoms with Crippen molar-refractivity contribution in [3.63, 3.8) is 0 Å². The van der Waals surface area contributed by atoms with E-state index >= 15 is 0 Å². The second kappa shape index (κ2) is 7.59. The fraction of sp³-hybridized carbons (Fsp3) is 0.903. The Hall–Kier alpha value is -0.830. The van der Waals surface area contributed by atoms with Gasteiger partial charge in [0.1, 0.15) is 0 Å². The van der Waals surface area contributed by atoms with Crippen molar-refractivity contribution in [2.24, 2.45) is 56.7 Å². The molecule has 1 N–H and O–H groups in total. The molecule has 192 valence electrons. The maximum absolute atomic E-state index is 13.3. The second-order valence-electron chi connectivity index (χ2n) is 14.7. The minimum Gasteiger partial charge on any atom is -0.469 e. The average Bonchev–Trinajstić information content (AvgIpc) is 3.18. The zero-order valence-corrected chi connectivity index (χ0v) is 23.0. The molecule has 3 unspecified atom stereocenters. The quantitative estimate of drug-likeness (QED) is 0.343. The van der Waals surface area contributed by atoms with Gasteiger partial charge in [-0.15, -0.1) is 0 Å². The minimum absolute atomic E-state index is 0.00478. The first-order valence-corrected chi connectivity index (χ1v) is 14.2. The van der Waals surface area contributed by atoms with Gasteiger partial charge in [-0.3, -0.25) is 4.79 Å². The van der Waals surface area contributed by atoms with Gasteiger partial charge in [0.15, 0.2) is 0 Å². The van der Waals surface area contributed by atoms with Crippen molar-refractivity contribution >= 4 is 5.97 Å². The highest BCUT2D eigenvalue weighted by Gasteiger charge is 2.72. The van der Waals surface area contributed by atoms with E-state index < -0.39 is 0 Å². The van der Waals surface area contributed by atoms with Crippen LogP contribution in [0.25, 0.3) is 0 Å². The Morgan fingerprint density at radius 3 is 2.21 bits per heavy atom. The molecular formula is C31H50O3. The molecule has 0 aromatic carbocycles. The van der Waals surface area contributed by atoms with Gasteiger partial charge in [-0.1, -0.05) is 46.8 Å². The molecule has 0 heterocycles. The van der Waals surface area contributed by atoms with Crippen molar-refractivity contribution in [1.29, 1.82) is 0 Å². The zero-order chi connectivity index (χ0) is 24.9. The lowest BCUT2D eigenvalue weighted by molar-refractivity contribution is -0.248. The van der Waals surface area contributed by atoms with Crippen LogP contribution >= 0.6 is 0 Å². The largest absolute Gasteiger partial charge is 0.469 e. The number of esters is 1. The zero-order valence-electron chi connectivity index (χ0n) is 23.0. The van der Waals surface area contributed by atoms with E-state index in [9.17, 15) is 9.90 Å². The molecular weight excluding hydrogens is 420 g/mol. The summed E-state index contributed by atoms with van der Waals surface area (Å²) in [5, 5.41) is 10.9. The van der Waals surface area contributed by atoms with E-state index in [-0.39, 0.29) is 33.7 Å². The summed E-state index contributed by atoms with van der Waals surface area (Å²) in [5.74, 6) is 2.72. The van der Waals surface area contributed by atoms with Gasteiger partial charge < -0.3 is 9.84 Å². The highest BCUT2D eigenvalue weighted by Crippen LogP contribution is 2.77. The Morgan fingerprint density at radius 2 is 1.56 bits per heavy atom. The van der Waals surface area contributed by atoms with Crippen LogP contribution in [0.3, 0.4) is 0 Å². The van der Waals surface area contributed by atoms with Gasteiger partial charge in [0.05, 0.1) is 18.6 Å². The van der Waals surface area contributed by atoms with Crippen molar-refractivity contribution in [2.45, 2.75) is 112 Å². The molecule has 0 aliphatic heterocycles. The number of rotatable bonds is 2. The van der Waals surface area contributed by atoms with Gasteiger partial charge in [-0.2, -0.15) is 0 Å². The van der Waals surface area contributed by atoms with E-state index in [2.05, 4.69) is 48.1 Å². The van der Waals surface area contributed by atoms with Crippen LogP contribution in [0.5, 0.6) is 0 Å². The average molecular weight is 471 g/mol. The maximum atomic E-state index is 13.3. The first kappa shape index (κ1) is 24.8. The first-order chi connectivity index (χ1) is 15.8. The molecule has 3 heteroatoms. The Balaban J connectivity index is 1.56. The van der Waals surface area contributed by atoms with E-state index in [0.717, 1.165) is 38.5 Å². The van der Waals surface area contributed by atoms with E-state index in [4.69, 9.17) is 4.74 Å². The van der Waals surface area contributed by atoms with Crippen LogP contribution in [-0.2, 0) is 9.53 Å². The van der Waals surface area contributed by atoms with E-state index in [1.807, 2.05) is 0 Å². The summed E-state index contributed by atoms with van der Waals surface area (Å²) >= 11 is 0. The molecule has 0 aromatic heterocycles. The lowest BCUT2D eigenvalue weighted by Crippen LogP contribution is -2.67. The van der Waals surface area contributed by atoms with Crippen molar-refractivity contribution < 1.29 is 14.6 Å². The summed E-state index contributed by atoms with van der Waals surface area (Å²) in [5.41, 5.74) is 1.78. The van der Waals surface area contributed by atoms with Gasteiger partial charge in [-0.25, -0.2) is 0 Å². The maximum Gasteiger partial charge on any atom is 0.312 e. The Kier molecular flexibility index (Phi) is 5.55. The molecule has 5 aliphatic rings. The monoisotopic (exact) mass is 470 g/mol. The number of fused-ring (bicyclic) bond motifs is 7. The van der Waals surface area contributed by atoms with Crippen LogP contribution < -0.4 is 0 Å². The van der Waals surface area contributed by atoms with Gasteiger partial charge in [-0.05, 0) is 122 Å². The number of aliphatic hydroxyl groups is 1. The molecule has 0 spiro atoms. The number of aliphatic hydroxyl groups excluding tert-OH is 1. The molecule has 5 rings (SSSR count). The third-order valence-corrected chi connectivity index (χ3v) is 13.6. The lowest BCUT2D eigenvalue weighted by atomic mass is 9.32. The molecule has 0 aromatic rings. The molecule has 0 radical (unpaired) electrons. The topological polar surface area (TPSA) is 46.5 Å². The summed E-state index contributed by atoms with van der Waals surface area (Å²) in [6, 6.07) is 0. The number of allylic oxidation sites excluding steroid dienone is 1. The molecule has 3 nitrogen and oxygen atoms in total. The fourth-order valence-electron chi connectivity index (χ4n) is 11.7. The molecule has 34 heavy (non-hydrogen) atoms. The van der Waals surface area contributed by atoms with Crippen molar-refractivity contribution in [2.75, 3.05) is 7.11 Å². The summed E-state index contributed by atoms with van der Waals surface area (Å²) in [4.78, 5) is 13.3. The van der Waals surface area contributed by atoms with Gasteiger partial charge in [0, 0.05) is 0 Å². The highest BCUT2D eigenvalue weighted by atomic mass is 16.5. The van der Waals surface area contributed by atoms with Crippen molar-refractivity contribution in [3.05, 3.63) is 12.2 Å². The summed E-state index contributed by atoms with van der Waals surface area (Å²) in [7, 11) is 1.59. The SMILES string of the molecule is C=C(C)[C@@H]1CC[C@]2(C(=O)OC)CC[C@]3(C)[C@H](CCC4[C@@]5(C)CC[C@H](O)C(C)(C)C5CC[C@]43C)C12. The molecule has 0 saturated heterocycles. The van der Waals surface area contributed by atoms with Crippen molar-refractivity contribution in [1.82, 2.24) is 0 Å². The van der Waals surface area contributed by atoms with Crippen LogP contribution in [0, 0.1) is 56.7 Å². The molecule has 5 saturated carbocycles. The van der Waals surface area contributed by atoms with Crippen LogP contribution in [0.15, 0.2) is 12.2 Å². The van der Waals surface area contributed by atoms with Crippen LogP contribution in [0.2, 0.25) is 0 Å². The normalized spacial score (nSPS) is 53.6. The van der Waals surface area contributed by atoms with Crippen molar-refractivity contribution in [3.8, 4) is 0 Å².